The molecule has 4 heteroatoms. The zero-order valence-corrected chi connectivity index (χ0v) is 8.97. The molecule has 2 unspecified atom stereocenters. The van der Waals surface area contributed by atoms with Gasteiger partial charge >= 0.3 is 0 Å². The maximum Gasteiger partial charge on any atom is 0.230 e. The van der Waals surface area contributed by atoms with Gasteiger partial charge in [0.05, 0.1) is 7.11 Å². The van der Waals surface area contributed by atoms with E-state index in [1.807, 2.05) is 24.3 Å². The monoisotopic (exact) mass is 219 g/mol. The molecule has 0 aromatic heterocycles. The summed E-state index contributed by atoms with van der Waals surface area (Å²) in [7, 11) is 1.60. The van der Waals surface area contributed by atoms with Crippen LogP contribution in [0, 0.1) is 5.92 Å². The third-order valence-corrected chi connectivity index (χ3v) is 2.92. The Hall–Kier alpha value is -1.84. The topological polar surface area (TPSA) is 55.4 Å². The van der Waals surface area contributed by atoms with Gasteiger partial charge in [0.25, 0.3) is 0 Å². The molecule has 1 fully saturated rings. The maximum atomic E-state index is 11.3. The van der Waals surface area contributed by atoms with Crippen molar-refractivity contribution in [1.29, 1.82) is 0 Å². The van der Waals surface area contributed by atoms with Gasteiger partial charge in [-0.2, -0.15) is 0 Å². The minimum absolute atomic E-state index is 0.0593. The van der Waals surface area contributed by atoms with Gasteiger partial charge in [-0.3, -0.25) is 4.79 Å². The first-order chi connectivity index (χ1) is 7.76. The summed E-state index contributed by atoms with van der Waals surface area (Å²) in [6.45, 7) is 0.522. The van der Waals surface area contributed by atoms with Gasteiger partial charge in [-0.05, 0) is 17.7 Å². The fourth-order valence-corrected chi connectivity index (χ4v) is 1.97. The van der Waals surface area contributed by atoms with Crippen molar-refractivity contribution in [2.75, 3.05) is 13.7 Å². The standard InChI is InChI=1S/C12H13NO3/c1-16-9-4-2-8(3-5-9)10-6-13-12(15)11(10)7-14/h2-5,7,10-11H,6H2,1H3,(H,13,15). The fraction of sp³-hybridized carbons (Fsp3) is 0.333. The van der Waals surface area contributed by atoms with Crippen molar-refractivity contribution in [1.82, 2.24) is 5.32 Å². The van der Waals surface area contributed by atoms with Crippen LogP contribution in [0.1, 0.15) is 11.5 Å². The average molecular weight is 219 g/mol. The normalized spacial score (nSPS) is 23.9. The van der Waals surface area contributed by atoms with Crippen LogP contribution in [-0.2, 0) is 9.59 Å². The summed E-state index contributed by atoms with van der Waals surface area (Å²) >= 11 is 0. The van der Waals surface area contributed by atoms with E-state index in [2.05, 4.69) is 5.32 Å². The number of carbonyl (C=O) groups excluding carboxylic acids is 2. The first-order valence-corrected chi connectivity index (χ1v) is 5.13. The summed E-state index contributed by atoms with van der Waals surface area (Å²) in [5, 5.41) is 2.70. The lowest BCUT2D eigenvalue weighted by molar-refractivity contribution is -0.126. The van der Waals surface area contributed by atoms with Crippen LogP contribution < -0.4 is 10.1 Å². The van der Waals surface area contributed by atoms with E-state index in [1.165, 1.54) is 0 Å². The highest BCUT2D eigenvalue weighted by molar-refractivity contribution is 5.94. The molecular weight excluding hydrogens is 206 g/mol. The molecule has 1 aliphatic heterocycles. The van der Waals surface area contributed by atoms with Crippen LogP contribution in [0.25, 0.3) is 0 Å². The van der Waals surface area contributed by atoms with Gasteiger partial charge in [0.15, 0.2) is 0 Å². The van der Waals surface area contributed by atoms with E-state index in [4.69, 9.17) is 4.74 Å². The Bertz CT molecular complexity index is 399. The van der Waals surface area contributed by atoms with E-state index in [1.54, 1.807) is 7.11 Å². The molecule has 0 aliphatic carbocycles. The lowest BCUT2D eigenvalue weighted by Crippen LogP contribution is -2.20. The Balaban J connectivity index is 2.23. The zero-order chi connectivity index (χ0) is 11.5. The number of hydrogen-bond acceptors (Lipinski definition) is 3. The van der Waals surface area contributed by atoms with Crippen molar-refractivity contribution < 1.29 is 14.3 Å². The minimum Gasteiger partial charge on any atom is -0.497 e. The zero-order valence-electron chi connectivity index (χ0n) is 8.97. The Labute approximate surface area is 93.6 Å². The molecule has 1 heterocycles. The number of hydrogen-bond donors (Lipinski definition) is 1. The molecule has 1 saturated heterocycles. The van der Waals surface area contributed by atoms with Crippen LogP contribution >= 0.6 is 0 Å². The fourth-order valence-electron chi connectivity index (χ4n) is 1.97. The molecule has 2 atom stereocenters. The summed E-state index contributed by atoms with van der Waals surface area (Å²) in [5.74, 6) is -0.0381. The van der Waals surface area contributed by atoms with Crippen LogP contribution in [0.4, 0.5) is 0 Å². The SMILES string of the molecule is COc1ccc(C2CNC(=O)C2C=O)cc1. The second-order valence-corrected chi connectivity index (χ2v) is 3.79. The Morgan fingerprint density at radius 3 is 2.62 bits per heavy atom. The van der Waals surface area contributed by atoms with Crippen molar-refractivity contribution >= 4 is 12.2 Å². The molecule has 1 aromatic rings. The molecule has 0 spiro atoms. The largest absolute Gasteiger partial charge is 0.497 e. The van der Waals surface area contributed by atoms with Crippen LogP contribution in [0.15, 0.2) is 24.3 Å². The first-order valence-electron chi connectivity index (χ1n) is 5.13. The van der Waals surface area contributed by atoms with E-state index < -0.39 is 5.92 Å². The van der Waals surface area contributed by atoms with E-state index in [0.717, 1.165) is 17.6 Å². The third kappa shape index (κ3) is 1.78. The highest BCUT2D eigenvalue weighted by Crippen LogP contribution is 2.28. The molecule has 0 bridgehead atoms. The molecule has 0 saturated carbocycles. The second kappa shape index (κ2) is 4.35. The van der Waals surface area contributed by atoms with E-state index in [9.17, 15) is 9.59 Å². The van der Waals surface area contributed by atoms with Gasteiger partial charge < -0.3 is 14.8 Å². The summed E-state index contributed by atoms with van der Waals surface area (Å²) in [6.07, 6.45) is 0.719. The van der Waals surface area contributed by atoms with E-state index in [0.29, 0.717) is 6.54 Å². The highest BCUT2D eigenvalue weighted by atomic mass is 16.5. The Morgan fingerprint density at radius 1 is 1.38 bits per heavy atom. The highest BCUT2D eigenvalue weighted by Gasteiger charge is 2.35. The molecule has 84 valence electrons. The van der Waals surface area contributed by atoms with E-state index in [-0.39, 0.29) is 11.8 Å². The summed E-state index contributed by atoms with van der Waals surface area (Å²) in [6, 6.07) is 7.44. The number of carbonyl (C=O) groups is 2. The average Bonchev–Trinajstić information content (AvgIpc) is 2.70. The quantitative estimate of drug-likeness (QED) is 0.602. The van der Waals surface area contributed by atoms with Crippen molar-refractivity contribution in [2.24, 2.45) is 5.92 Å². The number of ether oxygens (including phenoxy) is 1. The van der Waals surface area contributed by atoms with Gasteiger partial charge in [-0.25, -0.2) is 0 Å². The van der Waals surface area contributed by atoms with Crippen LogP contribution in [0.3, 0.4) is 0 Å². The molecule has 0 radical (unpaired) electrons. The number of benzene rings is 1. The van der Waals surface area contributed by atoms with Crippen molar-refractivity contribution in [3.63, 3.8) is 0 Å². The van der Waals surface area contributed by atoms with Gasteiger partial charge in [0.2, 0.25) is 5.91 Å². The van der Waals surface area contributed by atoms with Crippen molar-refractivity contribution in [2.45, 2.75) is 5.92 Å². The Kier molecular flexibility index (Phi) is 2.90. The number of nitrogens with one attached hydrogen (secondary N) is 1. The summed E-state index contributed by atoms with van der Waals surface area (Å²) in [4.78, 5) is 22.2. The number of rotatable bonds is 3. The van der Waals surface area contributed by atoms with Crippen LogP contribution in [-0.4, -0.2) is 25.8 Å². The number of amides is 1. The van der Waals surface area contributed by atoms with Gasteiger partial charge in [0, 0.05) is 12.5 Å². The van der Waals surface area contributed by atoms with Gasteiger partial charge in [-0.15, -0.1) is 0 Å². The molecule has 1 N–H and O–H groups in total. The lowest BCUT2D eigenvalue weighted by Gasteiger charge is -2.12. The number of aldehydes is 1. The predicted molar refractivity (Wildman–Crippen MR) is 58.3 cm³/mol. The number of methoxy groups -OCH3 is 1. The summed E-state index contributed by atoms with van der Waals surface area (Å²) < 4.78 is 5.05. The first kappa shape index (κ1) is 10.7. The molecule has 2 rings (SSSR count). The molecule has 1 aromatic carbocycles. The third-order valence-electron chi connectivity index (χ3n) is 2.92. The van der Waals surface area contributed by atoms with Crippen molar-refractivity contribution in [3.05, 3.63) is 29.8 Å². The minimum atomic E-state index is -0.562. The maximum absolute atomic E-state index is 11.3. The van der Waals surface area contributed by atoms with Crippen molar-refractivity contribution in [3.8, 4) is 5.75 Å². The molecular formula is C12H13NO3. The van der Waals surface area contributed by atoms with Crippen LogP contribution in [0.2, 0.25) is 0 Å². The Morgan fingerprint density at radius 2 is 2.06 bits per heavy atom. The van der Waals surface area contributed by atoms with Gasteiger partial charge in [-0.1, -0.05) is 12.1 Å². The van der Waals surface area contributed by atoms with Gasteiger partial charge in [0.1, 0.15) is 18.0 Å². The summed E-state index contributed by atoms with van der Waals surface area (Å²) in [5.41, 5.74) is 0.983. The molecule has 4 nitrogen and oxygen atoms in total. The molecule has 16 heavy (non-hydrogen) atoms. The lowest BCUT2D eigenvalue weighted by atomic mass is 9.89. The molecule has 1 amide bonds. The molecule has 1 aliphatic rings. The predicted octanol–water partition coefficient (Wildman–Crippen LogP) is 0.724. The van der Waals surface area contributed by atoms with E-state index >= 15 is 0 Å². The second-order valence-electron chi connectivity index (χ2n) is 3.79. The smallest absolute Gasteiger partial charge is 0.230 e. The van der Waals surface area contributed by atoms with Crippen LogP contribution in [0.5, 0.6) is 5.75 Å².